The van der Waals surface area contributed by atoms with Gasteiger partial charge in [-0.1, -0.05) is 0 Å². The normalized spacial score (nSPS) is 10.5. The summed E-state index contributed by atoms with van der Waals surface area (Å²) in [5.74, 6) is 0.646. The van der Waals surface area contributed by atoms with Crippen LogP contribution in [-0.2, 0) is 0 Å². The molecule has 0 aliphatic rings. The highest BCUT2D eigenvalue weighted by molar-refractivity contribution is 9.10. The summed E-state index contributed by atoms with van der Waals surface area (Å²) in [6, 6.07) is 5.04. The SMILES string of the molecule is COc1cc(Br)c(N/N=C(\C#N)C(=N)N)cc1OC. The van der Waals surface area contributed by atoms with E-state index in [4.69, 9.17) is 25.9 Å². The maximum atomic E-state index is 8.73. The van der Waals surface area contributed by atoms with Crippen LogP contribution in [0.25, 0.3) is 0 Å². The van der Waals surface area contributed by atoms with Gasteiger partial charge in [-0.2, -0.15) is 10.4 Å². The summed E-state index contributed by atoms with van der Waals surface area (Å²) < 4.78 is 10.9. The summed E-state index contributed by atoms with van der Waals surface area (Å²) in [5.41, 5.74) is 8.16. The minimum Gasteiger partial charge on any atom is -0.493 e. The number of nitriles is 1. The Morgan fingerprint density at radius 2 is 2.00 bits per heavy atom. The Labute approximate surface area is 118 Å². The zero-order valence-corrected chi connectivity index (χ0v) is 11.9. The van der Waals surface area contributed by atoms with E-state index in [1.54, 1.807) is 18.2 Å². The second kappa shape index (κ2) is 6.61. The van der Waals surface area contributed by atoms with Crippen molar-refractivity contribution in [3.05, 3.63) is 16.6 Å². The van der Waals surface area contributed by atoms with Crippen LogP contribution in [0.5, 0.6) is 11.5 Å². The number of hydrogen-bond acceptors (Lipinski definition) is 6. The standard InChI is InChI=1S/C11H12BrN5O2/c1-18-9-3-6(12)7(4-10(9)19-2)16-17-8(5-13)11(14)15/h3-4,16H,1-2H3,(H3,14,15)/b17-8+. The lowest BCUT2D eigenvalue weighted by Crippen LogP contribution is -2.21. The summed E-state index contributed by atoms with van der Waals surface area (Å²) in [7, 11) is 3.04. The van der Waals surface area contributed by atoms with Crippen LogP contribution in [0, 0.1) is 16.7 Å². The molecular weight excluding hydrogens is 314 g/mol. The average Bonchev–Trinajstić information content (AvgIpc) is 2.40. The summed E-state index contributed by atoms with van der Waals surface area (Å²) in [5, 5.41) is 19.6. The van der Waals surface area contributed by atoms with Gasteiger partial charge in [-0.15, -0.1) is 0 Å². The highest BCUT2D eigenvalue weighted by Crippen LogP contribution is 2.36. The number of hydrogen-bond donors (Lipinski definition) is 3. The van der Waals surface area contributed by atoms with E-state index in [2.05, 4.69) is 26.5 Å². The van der Waals surface area contributed by atoms with Crippen LogP contribution in [0.4, 0.5) is 5.69 Å². The van der Waals surface area contributed by atoms with E-state index in [0.717, 1.165) is 0 Å². The lowest BCUT2D eigenvalue weighted by atomic mass is 10.3. The minimum atomic E-state index is -0.411. The number of nitrogens with two attached hydrogens (primary N) is 1. The zero-order chi connectivity index (χ0) is 14.4. The van der Waals surface area contributed by atoms with Gasteiger partial charge < -0.3 is 15.2 Å². The number of ether oxygens (including phenoxy) is 2. The molecule has 1 aromatic carbocycles. The Kier molecular flexibility index (Phi) is 5.14. The van der Waals surface area contributed by atoms with Crippen LogP contribution in [0.3, 0.4) is 0 Å². The molecular formula is C11H12BrN5O2. The molecule has 1 aromatic rings. The molecule has 0 saturated carbocycles. The number of nitrogens with zero attached hydrogens (tertiary/aromatic N) is 2. The Bertz CT molecular complexity index is 565. The first-order chi connectivity index (χ1) is 9.03. The van der Waals surface area contributed by atoms with Crippen molar-refractivity contribution in [1.82, 2.24) is 0 Å². The van der Waals surface area contributed by atoms with Gasteiger partial charge >= 0.3 is 0 Å². The monoisotopic (exact) mass is 325 g/mol. The third kappa shape index (κ3) is 3.59. The molecule has 0 fully saturated rings. The van der Waals surface area contributed by atoms with Crippen molar-refractivity contribution in [2.24, 2.45) is 10.8 Å². The second-order valence-corrected chi connectivity index (χ2v) is 4.14. The van der Waals surface area contributed by atoms with Gasteiger partial charge in [0.05, 0.1) is 19.9 Å². The first-order valence-electron chi connectivity index (χ1n) is 5.03. The number of amidine groups is 1. The Balaban J connectivity index is 3.09. The predicted molar refractivity (Wildman–Crippen MR) is 75.8 cm³/mol. The smallest absolute Gasteiger partial charge is 0.201 e. The average molecular weight is 326 g/mol. The van der Waals surface area contributed by atoms with E-state index in [1.165, 1.54) is 14.2 Å². The van der Waals surface area contributed by atoms with E-state index in [9.17, 15) is 0 Å². The summed E-state index contributed by atoms with van der Waals surface area (Å²) >= 11 is 3.33. The Morgan fingerprint density at radius 1 is 1.42 bits per heavy atom. The minimum absolute atomic E-state index is 0.207. The fourth-order valence-corrected chi connectivity index (χ4v) is 1.61. The van der Waals surface area contributed by atoms with Crippen LogP contribution in [0.15, 0.2) is 21.7 Å². The number of benzene rings is 1. The fraction of sp³-hybridized carbons (Fsp3) is 0.182. The zero-order valence-electron chi connectivity index (χ0n) is 10.3. The van der Waals surface area contributed by atoms with Gasteiger partial charge in [-0.3, -0.25) is 10.8 Å². The molecule has 100 valence electrons. The molecule has 0 amide bonds. The van der Waals surface area contributed by atoms with Gasteiger partial charge in [0.2, 0.25) is 5.71 Å². The van der Waals surface area contributed by atoms with Crippen molar-refractivity contribution in [3.63, 3.8) is 0 Å². The first kappa shape index (κ1) is 14.8. The van der Waals surface area contributed by atoms with Crippen molar-refractivity contribution in [2.45, 2.75) is 0 Å². The molecule has 7 nitrogen and oxygen atoms in total. The number of hydrazone groups is 1. The Hall–Kier alpha value is -2.27. The van der Waals surface area contributed by atoms with Crippen LogP contribution in [0.1, 0.15) is 0 Å². The lowest BCUT2D eigenvalue weighted by Gasteiger charge is -2.11. The van der Waals surface area contributed by atoms with Crippen molar-refractivity contribution in [2.75, 3.05) is 19.6 Å². The van der Waals surface area contributed by atoms with E-state index in [-0.39, 0.29) is 5.71 Å². The molecule has 1 rings (SSSR count). The first-order valence-corrected chi connectivity index (χ1v) is 5.82. The van der Waals surface area contributed by atoms with E-state index >= 15 is 0 Å². The molecule has 19 heavy (non-hydrogen) atoms. The van der Waals surface area contributed by atoms with Gasteiger partial charge in [0.25, 0.3) is 0 Å². The molecule has 0 aromatic heterocycles. The summed E-state index contributed by atoms with van der Waals surface area (Å²) in [6.07, 6.45) is 0. The number of rotatable bonds is 5. The van der Waals surface area contributed by atoms with Gasteiger partial charge in [0, 0.05) is 16.6 Å². The number of methoxy groups -OCH3 is 2. The molecule has 0 heterocycles. The topological polar surface area (TPSA) is 117 Å². The lowest BCUT2D eigenvalue weighted by molar-refractivity contribution is 0.355. The quantitative estimate of drug-likeness (QED) is 0.432. The van der Waals surface area contributed by atoms with Gasteiger partial charge in [0.15, 0.2) is 17.3 Å². The fourth-order valence-electron chi connectivity index (χ4n) is 1.20. The molecule has 8 heteroatoms. The molecule has 0 aliphatic heterocycles. The maximum absolute atomic E-state index is 8.73. The van der Waals surface area contributed by atoms with E-state index in [1.807, 2.05) is 0 Å². The molecule has 0 radical (unpaired) electrons. The van der Waals surface area contributed by atoms with Crippen LogP contribution >= 0.6 is 15.9 Å². The van der Waals surface area contributed by atoms with Crippen LogP contribution in [0.2, 0.25) is 0 Å². The highest BCUT2D eigenvalue weighted by atomic mass is 79.9. The molecule has 0 bridgehead atoms. The third-order valence-corrected chi connectivity index (χ3v) is 2.78. The molecule has 0 saturated heterocycles. The second-order valence-electron chi connectivity index (χ2n) is 3.28. The van der Waals surface area contributed by atoms with Crippen molar-refractivity contribution >= 4 is 33.2 Å². The third-order valence-electron chi connectivity index (χ3n) is 2.12. The molecule has 0 unspecified atom stereocenters. The van der Waals surface area contributed by atoms with Crippen molar-refractivity contribution in [1.29, 1.82) is 10.7 Å². The summed E-state index contributed by atoms with van der Waals surface area (Å²) in [6.45, 7) is 0. The van der Waals surface area contributed by atoms with Crippen molar-refractivity contribution in [3.8, 4) is 17.6 Å². The van der Waals surface area contributed by atoms with Crippen molar-refractivity contribution < 1.29 is 9.47 Å². The molecule has 0 aliphatic carbocycles. The van der Waals surface area contributed by atoms with Crippen LogP contribution < -0.4 is 20.6 Å². The van der Waals surface area contributed by atoms with Gasteiger partial charge in [-0.05, 0) is 15.9 Å². The Morgan fingerprint density at radius 3 is 2.47 bits per heavy atom. The van der Waals surface area contributed by atoms with Crippen LogP contribution in [-0.4, -0.2) is 25.8 Å². The number of halogens is 1. The molecule has 0 spiro atoms. The van der Waals surface area contributed by atoms with Gasteiger partial charge in [-0.25, -0.2) is 0 Å². The number of nitrogens with one attached hydrogen (secondary N) is 2. The number of anilines is 1. The summed E-state index contributed by atoms with van der Waals surface area (Å²) in [4.78, 5) is 0. The highest BCUT2D eigenvalue weighted by Gasteiger charge is 2.09. The largest absolute Gasteiger partial charge is 0.493 e. The van der Waals surface area contributed by atoms with E-state index < -0.39 is 5.84 Å². The molecule has 0 atom stereocenters. The van der Waals surface area contributed by atoms with Gasteiger partial charge in [0.1, 0.15) is 6.07 Å². The van der Waals surface area contributed by atoms with E-state index in [0.29, 0.717) is 21.7 Å². The predicted octanol–water partition coefficient (Wildman–Crippen LogP) is 1.69. The molecule has 4 N–H and O–H groups in total. The maximum Gasteiger partial charge on any atom is 0.201 e.